The quantitative estimate of drug-likeness (QED) is 0.872. The lowest BCUT2D eigenvalue weighted by Gasteiger charge is -2.41. The van der Waals surface area contributed by atoms with Crippen molar-refractivity contribution < 1.29 is 4.79 Å². The van der Waals surface area contributed by atoms with Crippen molar-refractivity contribution in [3.8, 4) is 0 Å². The number of hydrogen-bond donors (Lipinski definition) is 1. The molecule has 2 N–H and O–H groups in total. The minimum absolute atomic E-state index is 0.160. The summed E-state index contributed by atoms with van der Waals surface area (Å²) in [4.78, 5) is 16.9. The number of hydrogen-bond acceptors (Lipinski definition) is 4. The van der Waals surface area contributed by atoms with E-state index in [0.29, 0.717) is 0 Å². The van der Waals surface area contributed by atoms with E-state index in [9.17, 15) is 4.79 Å². The Morgan fingerprint density at radius 1 is 1.19 bits per heavy atom. The number of amides is 1. The maximum atomic E-state index is 12.7. The molecule has 1 aliphatic carbocycles. The van der Waals surface area contributed by atoms with Crippen LogP contribution in [0.15, 0.2) is 12.4 Å². The van der Waals surface area contributed by atoms with Crippen LogP contribution >= 0.6 is 0 Å². The van der Waals surface area contributed by atoms with Crippen molar-refractivity contribution in [2.75, 3.05) is 31.1 Å². The summed E-state index contributed by atoms with van der Waals surface area (Å²) in [7, 11) is 1.92. The molecule has 21 heavy (non-hydrogen) atoms. The van der Waals surface area contributed by atoms with E-state index in [1.165, 1.54) is 6.42 Å². The molecule has 2 heterocycles. The molecular weight excluding hydrogens is 266 g/mol. The molecule has 0 radical (unpaired) electrons. The molecule has 2 aliphatic rings. The molecule has 6 nitrogen and oxygen atoms in total. The molecule has 2 fully saturated rings. The molecule has 1 amide bonds. The standard InChI is InChI=1S/C15H25N5O/c1-18-12-13(11-17-18)19-7-9-20(10-8-19)14(21)15(16)5-3-2-4-6-15/h11-12H,2-10,16H2,1H3. The number of aryl methyl sites for hydroxylation is 1. The first-order valence-electron chi connectivity index (χ1n) is 7.90. The normalized spacial score (nSPS) is 22.4. The molecule has 0 spiro atoms. The van der Waals surface area contributed by atoms with Crippen molar-refractivity contribution >= 4 is 11.6 Å². The first kappa shape index (κ1) is 14.4. The van der Waals surface area contributed by atoms with Crippen LogP contribution in [-0.2, 0) is 11.8 Å². The first-order valence-corrected chi connectivity index (χ1v) is 7.90. The lowest BCUT2D eigenvalue weighted by Crippen LogP contribution is -2.60. The second-order valence-corrected chi connectivity index (χ2v) is 6.37. The van der Waals surface area contributed by atoms with Gasteiger partial charge in [-0.3, -0.25) is 9.48 Å². The van der Waals surface area contributed by atoms with Crippen molar-refractivity contribution in [2.24, 2.45) is 12.8 Å². The predicted octanol–water partition coefficient (Wildman–Crippen LogP) is 0.730. The van der Waals surface area contributed by atoms with Crippen LogP contribution in [0.3, 0.4) is 0 Å². The highest BCUT2D eigenvalue weighted by molar-refractivity contribution is 5.86. The van der Waals surface area contributed by atoms with Gasteiger partial charge in [0.25, 0.3) is 0 Å². The second-order valence-electron chi connectivity index (χ2n) is 6.37. The Balaban J connectivity index is 1.59. The Kier molecular flexibility index (Phi) is 3.89. The largest absolute Gasteiger partial charge is 0.365 e. The summed E-state index contributed by atoms with van der Waals surface area (Å²) < 4.78 is 1.81. The van der Waals surface area contributed by atoms with Gasteiger partial charge in [0.15, 0.2) is 0 Å². The topological polar surface area (TPSA) is 67.4 Å². The van der Waals surface area contributed by atoms with Crippen LogP contribution in [-0.4, -0.2) is 52.3 Å². The number of aromatic nitrogens is 2. The number of carbonyl (C=O) groups is 1. The van der Waals surface area contributed by atoms with Crippen LogP contribution in [0.4, 0.5) is 5.69 Å². The molecular formula is C15H25N5O. The van der Waals surface area contributed by atoms with E-state index in [0.717, 1.165) is 57.5 Å². The summed E-state index contributed by atoms with van der Waals surface area (Å²) in [5, 5.41) is 4.20. The van der Waals surface area contributed by atoms with Crippen LogP contribution in [0.5, 0.6) is 0 Å². The third-order valence-electron chi connectivity index (χ3n) is 4.79. The van der Waals surface area contributed by atoms with Gasteiger partial charge in [0.05, 0.1) is 17.4 Å². The molecule has 6 heteroatoms. The fourth-order valence-electron chi connectivity index (χ4n) is 3.45. The van der Waals surface area contributed by atoms with E-state index in [1.54, 1.807) is 0 Å². The number of nitrogens with zero attached hydrogens (tertiary/aromatic N) is 4. The highest BCUT2D eigenvalue weighted by Gasteiger charge is 2.39. The number of rotatable bonds is 2. The van der Waals surface area contributed by atoms with Crippen molar-refractivity contribution in [1.29, 1.82) is 0 Å². The molecule has 0 unspecified atom stereocenters. The summed E-state index contributed by atoms with van der Waals surface area (Å²) in [5.41, 5.74) is 6.89. The average Bonchev–Trinajstić information content (AvgIpc) is 2.94. The fourth-order valence-corrected chi connectivity index (χ4v) is 3.45. The van der Waals surface area contributed by atoms with E-state index in [4.69, 9.17) is 5.73 Å². The Morgan fingerprint density at radius 2 is 1.86 bits per heavy atom. The van der Waals surface area contributed by atoms with Crippen LogP contribution < -0.4 is 10.6 Å². The van der Waals surface area contributed by atoms with Crippen LogP contribution in [0.1, 0.15) is 32.1 Å². The lowest BCUT2D eigenvalue weighted by atomic mass is 9.81. The molecule has 0 aromatic carbocycles. The monoisotopic (exact) mass is 291 g/mol. The van der Waals surface area contributed by atoms with Gasteiger partial charge in [0.1, 0.15) is 0 Å². The Morgan fingerprint density at radius 3 is 2.43 bits per heavy atom. The molecule has 0 bridgehead atoms. The van der Waals surface area contributed by atoms with Gasteiger partial charge >= 0.3 is 0 Å². The second kappa shape index (κ2) is 5.67. The lowest BCUT2D eigenvalue weighted by molar-refractivity contribution is -0.138. The van der Waals surface area contributed by atoms with Gasteiger partial charge in [-0.2, -0.15) is 5.10 Å². The SMILES string of the molecule is Cn1cc(N2CCN(C(=O)C3(N)CCCCC3)CC2)cn1. The van der Waals surface area contributed by atoms with E-state index < -0.39 is 5.54 Å². The number of carbonyl (C=O) groups excluding carboxylic acids is 1. The molecule has 1 aromatic rings. The summed E-state index contributed by atoms with van der Waals surface area (Å²) in [6.07, 6.45) is 8.95. The Hall–Kier alpha value is -1.56. The molecule has 1 saturated heterocycles. The zero-order valence-electron chi connectivity index (χ0n) is 12.8. The fraction of sp³-hybridized carbons (Fsp3) is 0.733. The maximum absolute atomic E-state index is 12.7. The molecule has 3 rings (SSSR count). The van der Waals surface area contributed by atoms with Gasteiger partial charge in [0, 0.05) is 39.4 Å². The minimum atomic E-state index is -0.602. The predicted molar refractivity (Wildman–Crippen MR) is 82.0 cm³/mol. The highest BCUT2D eigenvalue weighted by atomic mass is 16.2. The van der Waals surface area contributed by atoms with Crippen molar-refractivity contribution in [1.82, 2.24) is 14.7 Å². The Bertz CT molecular complexity index is 498. The van der Waals surface area contributed by atoms with Crippen LogP contribution in [0, 0.1) is 0 Å². The van der Waals surface area contributed by atoms with Crippen molar-refractivity contribution in [2.45, 2.75) is 37.6 Å². The zero-order chi connectivity index (χ0) is 14.9. The Labute approximate surface area is 125 Å². The number of piperazine rings is 1. The van der Waals surface area contributed by atoms with E-state index in [2.05, 4.69) is 10.00 Å². The highest BCUT2D eigenvalue weighted by Crippen LogP contribution is 2.28. The summed E-state index contributed by atoms with van der Waals surface area (Å²) in [6.45, 7) is 3.22. The average molecular weight is 291 g/mol. The number of anilines is 1. The number of nitrogens with two attached hydrogens (primary N) is 1. The van der Waals surface area contributed by atoms with Crippen molar-refractivity contribution in [3.05, 3.63) is 12.4 Å². The van der Waals surface area contributed by atoms with Gasteiger partial charge in [-0.15, -0.1) is 0 Å². The van der Waals surface area contributed by atoms with E-state index in [-0.39, 0.29) is 5.91 Å². The van der Waals surface area contributed by atoms with Crippen LogP contribution in [0.25, 0.3) is 0 Å². The first-order chi connectivity index (χ1) is 10.1. The van der Waals surface area contributed by atoms with Gasteiger partial charge in [-0.05, 0) is 12.8 Å². The van der Waals surface area contributed by atoms with Crippen LogP contribution in [0.2, 0.25) is 0 Å². The molecule has 1 saturated carbocycles. The molecule has 1 aliphatic heterocycles. The smallest absolute Gasteiger partial charge is 0.242 e. The van der Waals surface area contributed by atoms with E-state index >= 15 is 0 Å². The molecule has 116 valence electrons. The van der Waals surface area contributed by atoms with E-state index in [1.807, 2.05) is 29.0 Å². The molecule has 0 atom stereocenters. The summed E-state index contributed by atoms with van der Waals surface area (Å²) in [5.74, 6) is 0.160. The van der Waals surface area contributed by atoms with Crippen molar-refractivity contribution in [3.63, 3.8) is 0 Å². The molecule has 1 aromatic heterocycles. The third-order valence-corrected chi connectivity index (χ3v) is 4.79. The third kappa shape index (κ3) is 2.90. The summed E-state index contributed by atoms with van der Waals surface area (Å²) >= 11 is 0. The summed E-state index contributed by atoms with van der Waals surface area (Å²) in [6, 6.07) is 0. The van der Waals surface area contributed by atoms with Gasteiger partial charge in [0.2, 0.25) is 5.91 Å². The maximum Gasteiger partial charge on any atom is 0.242 e. The van der Waals surface area contributed by atoms with Gasteiger partial charge < -0.3 is 15.5 Å². The zero-order valence-corrected chi connectivity index (χ0v) is 12.8. The minimum Gasteiger partial charge on any atom is -0.365 e. The van der Waals surface area contributed by atoms with Gasteiger partial charge in [-0.25, -0.2) is 0 Å². The van der Waals surface area contributed by atoms with Gasteiger partial charge in [-0.1, -0.05) is 19.3 Å².